The summed E-state index contributed by atoms with van der Waals surface area (Å²) in [4.78, 5) is 19.4. The van der Waals surface area contributed by atoms with E-state index in [1.807, 2.05) is 0 Å². The summed E-state index contributed by atoms with van der Waals surface area (Å²) < 4.78 is 18.4. The molecule has 4 heterocycles. The third kappa shape index (κ3) is 4.32. The highest BCUT2D eigenvalue weighted by molar-refractivity contribution is 6.62. The number of amides is 1. The van der Waals surface area contributed by atoms with Crippen molar-refractivity contribution in [1.29, 1.82) is 0 Å². The van der Waals surface area contributed by atoms with Gasteiger partial charge in [-0.25, -0.2) is 0 Å². The third-order valence-corrected chi connectivity index (χ3v) is 12.2. The Bertz CT molecular complexity index is 1120. The van der Waals surface area contributed by atoms with Crippen molar-refractivity contribution in [2.75, 3.05) is 31.2 Å². The van der Waals surface area contributed by atoms with Gasteiger partial charge >= 0.3 is 7.12 Å². The van der Waals surface area contributed by atoms with Crippen LogP contribution in [0.4, 0.5) is 5.69 Å². The zero-order valence-electron chi connectivity index (χ0n) is 25.4. The van der Waals surface area contributed by atoms with E-state index < -0.39 is 12.5 Å². The second kappa shape index (κ2) is 9.82. The Morgan fingerprint density at radius 1 is 0.875 bits per heavy atom. The fraction of sp³-hybridized carbons (Fsp3) is 0.788. The lowest BCUT2D eigenvalue weighted by molar-refractivity contribution is -0.128. The summed E-state index contributed by atoms with van der Waals surface area (Å²) in [5.74, 6) is 2.85. The number of piperidine rings is 1. The fourth-order valence-corrected chi connectivity index (χ4v) is 8.50. The van der Waals surface area contributed by atoms with Crippen molar-refractivity contribution in [3.05, 3.63) is 23.8 Å². The summed E-state index contributed by atoms with van der Waals surface area (Å²) >= 11 is 0. The normalized spacial score (nSPS) is 35.4. The summed E-state index contributed by atoms with van der Waals surface area (Å²) in [6.45, 7) is 14.5. The average Bonchev–Trinajstić information content (AvgIpc) is 3.08. The van der Waals surface area contributed by atoms with Gasteiger partial charge in [-0.3, -0.25) is 9.69 Å². The van der Waals surface area contributed by atoms with E-state index in [1.165, 1.54) is 37.7 Å². The molecular weight excluding hydrogens is 499 g/mol. The van der Waals surface area contributed by atoms with E-state index in [0.717, 1.165) is 80.9 Å². The van der Waals surface area contributed by atoms with Gasteiger partial charge in [-0.2, -0.15) is 0 Å². The number of ether oxygens (including phenoxy) is 1. The first-order chi connectivity index (χ1) is 19.1. The van der Waals surface area contributed by atoms with Gasteiger partial charge in [0.15, 0.2) is 0 Å². The van der Waals surface area contributed by atoms with Crippen LogP contribution < -0.4 is 10.4 Å². The lowest BCUT2D eigenvalue weighted by Gasteiger charge is -2.47. The molecule has 1 unspecified atom stereocenters. The second-order valence-corrected chi connectivity index (χ2v) is 15.1. The molecule has 3 saturated heterocycles. The lowest BCUT2D eigenvalue weighted by atomic mass is 9.69. The van der Waals surface area contributed by atoms with Crippen LogP contribution in [-0.2, 0) is 24.3 Å². The molecule has 0 N–H and O–H groups in total. The molecular formula is C33H49BN2O4. The second-order valence-electron chi connectivity index (χ2n) is 15.1. The molecule has 6 aliphatic rings. The van der Waals surface area contributed by atoms with Crippen LogP contribution in [0.3, 0.4) is 0 Å². The molecule has 2 aliphatic carbocycles. The number of carbonyl (C=O) groups is 1. The van der Waals surface area contributed by atoms with Gasteiger partial charge in [-0.15, -0.1) is 0 Å². The van der Waals surface area contributed by atoms with E-state index in [9.17, 15) is 4.79 Å². The van der Waals surface area contributed by atoms with Gasteiger partial charge in [0.05, 0.1) is 35.9 Å². The zero-order chi connectivity index (χ0) is 27.9. The van der Waals surface area contributed by atoms with Crippen LogP contribution in [0.5, 0.6) is 0 Å². The van der Waals surface area contributed by atoms with Gasteiger partial charge in [-0.1, -0.05) is 44.7 Å². The Labute approximate surface area is 241 Å². The Hall–Kier alpha value is -1.41. The smallest absolute Gasteiger partial charge is 0.399 e. The van der Waals surface area contributed by atoms with E-state index in [0.29, 0.717) is 18.0 Å². The van der Waals surface area contributed by atoms with Gasteiger partial charge in [0.25, 0.3) is 0 Å². The molecule has 2 saturated carbocycles. The highest BCUT2D eigenvalue weighted by atomic mass is 16.7. The topological polar surface area (TPSA) is 51.2 Å². The molecule has 1 spiro atoms. The van der Waals surface area contributed by atoms with Gasteiger partial charge in [-0.05, 0) is 108 Å². The maximum absolute atomic E-state index is 14.6. The monoisotopic (exact) mass is 548 g/mol. The summed E-state index contributed by atoms with van der Waals surface area (Å²) in [5.41, 5.74) is 2.24. The molecule has 1 amide bonds. The minimum atomic E-state index is -0.411. The number of fused-ring (bicyclic) bond motifs is 2. The van der Waals surface area contributed by atoms with Gasteiger partial charge < -0.3 is 18.9 Å². The summed E-state index contributed by atoms with van der Waals surface area (Å²) in [5, 5.41) is 0. The molecule has 2 atom stereocenters. The van der Waals surface area contributed by atoms with E-state index in [1.54, 1.807) is 0 Å². The fourth-order valence-electron chi connectivity index (χ4n) is 8.50. The first kappa shape index (κ1) is 27.4. The summed E-state index contributed by atoms with van der Waals surface area (Å²) in [6, 6.07) is 7.52. The van der Waals surface area contributed by atoms with Crippen molar-refractivity contribution in [2.45, 2.75) is 121 Å². The van der Waals surface area contributed by atoms with Crippen molar-refractivity contribution >= 4 is 24.2 Å². The van der Waals surface area contributed by atoms with Gasteiger partial charge in [0.2, 0.25) is 5.91 Å². The molecule has 5 fully saturated rings. The largest absolute Gasteiger partial charge is 0.494 e. The van der Waals surface area contributed by atoms with Crippen molar-refractivity contribution < 1.29 is 18.8 Å². The molecule has 1 aromatic rings. The van der Waals surface area contributed by atoms with Crippen LogP contribution in [-0.4, -0.2) is 67.5 Å². The number of carbonyl (C=O) groups excluding carboxylic acids is 1. The Morgan fingerprint density at radius 2 is 1.57 bits per heavy atom. The first-order valence-electron chi connectivity index (χ1n) is 16.2. The summed E-state index contributed by atoms with van der Waals surface area (Å²) in [6.07, 6.45) is 11.0. The average molecular weight is 549 g/mol. The Morgan fingerprint density at radius 3 is 2.23 bits per heavy atom. The standard InChI is InChI=1S/C33H49BN2O4/c1-22-7-6-8-23(10-9-22)24-17-26(18-24)36-29-19-25(34-39-31(2,3)32(4,5)40-34)11-12-28(29)33(30(36)37)13-15-35(16-14-33)27-20-38-21-27/h11-12,19,22-24,26-27H,6-10,13-18,20-21H2,1-5H3/t22-,23?,24?,26?/m1/s1. The van der Waals surface area contributed by atoms with E-state index in [4.69, 9.17) is 14.0 Å². The lowest BCUT2D eigenvalue weighted by Crippen LogP contribution is -2.57. The van der Waals surface area contributed by atoms with Crippen LogP contribution in [0.15, 0.2) is 18.2 Å². The predicted molar refractivity (Wildman–Crippen MR) is 159 cm³/mol. The first-order valence-corrected chi connectivity index (χ1v) is 16.2. The van der Waals surface area contributed by atoms with Crippen molar-refractivity contribution in [3.8, 4) is 0 Å². The molecule has 7 heteroatoms. The van der Waals surface area contributed by atoms with E-state index in [-0.39, 0.29) is 11.2 Å². The quantitative estimate of drug-likeness (QED) is 0.389. The number of anilines is 1. The molecule has 4 aliphatic heterocycles. The Balaban J connectivity index is 1.16. The third-order valence-electron chi connectivity index (χ3n) is 12.2. The van der Waals surface area contributed by atoms with Crippen molar-refractivity contribution in [2.24, 2.45) is 17.8 Å². The van der Waals surface area contributed by atoms with Gasteiger partial charge in [0, 0.05) is 11.7 Å². The molecule has 7 rings (SSSR count). The minimum Gasteiger partial charge on any atom is -0.399 e. The zero-order valence-corrected chi connectivity index (χ0v) is 25.4. The van der Waals surface area contributed by atoms with E-state index in [2.05, 4.69) is 62.6 Å². The molecule has 0 aromatic heterocycles. The molecule has 0 radical (unpaired) electrons. The van der Waals surface area contributed by atoms with Crippen molar-refractivity contribution in [1.82, 2.24) is 4.90 Å². The molecule has 218 valence electrons. The Kier molecular flexibility index (Phi) is 6.74. The maximum atomic E-state index is 14.6. The number of hydrogen-bond acceptors (Lipinski definition) is 5. The van der Waals surface area contributed by atoms with Crippen LogP contribution in [0, 0.1) is 17.8 Å². The minimum absolute atomic E-state index is 0.322. The van der Waals surface area contributed by atoms with Crippen molar-refractivity contribution in [3.63, 3.8) is 0 Å². The number of likely N-dealkylation sites (tertiary alicyclic amines) is 1. The van der Waals surface area contributed by atoms with E-state index >= 15 is 0 Å². The summed E-state index contributed by atoms with van der Waals surface area (Å²) in [7, 11) is -0.411. The maximum Gasteiger partial charge on any atom is 0.494 e. The molecule has 6 nitrogen and oxygen atoms in total. The molecule has 40 heavy (non-hydrogen) atoms. The number of hydrogen-bond donors (Lipinski definition) is 0. The van der Waals surface area contributed by atoms with Gasteiger partial charge in [0.1, 0.15) is 0 Å². The molecule has 1 aromatic carbocycles. The van der Waals surface area contributed by atoms with Crippen LogP contribution in [0.1, 0.15) is 98.0 Å². The predicted octanol–water partition coefficient (Wildman–Crippen LogP) is 5.06. The highest BCUT2D eigenvalue weighted by Gasteiger charge is 2.57. The number of rotatable bonds is 4. The van der Waals surface area contributed by atoms with Crippen LogP contribution in [0.25, 0.3) is 0 Å². The van der Waals surface area contributed by atoms with Crippen LogP contribution >= 0.6 is 0 Å². The van der Waals surface area contributed by atoms with Crippen LogP contribution in [0.2, 0.25) is 0 Å². The number of benzene rings is 1. The number of nitrogens with zero attached hydrogens (tertiary/aromatic N) is 2. The molecule has 0 bridgehead atoms. The highest BCUT2D eigenvalue weighted by Crippen LogP contribution is 2.53. The SMILES string of the molecule is C[C@@H]1CCCC(C2CC(N3C(=O)C4(CCN(C5COC5)CC4)c4ccc(B5OC(C)(C)C(C)(C)O5)cc43)C2)CC1.